The fourth-order valence-corrected chi connectivity index (χ4v) is 4.56. The SMILES string of the molecule is Cc1cn([C@@H]2O[C@H](C(C)C)[C@@H](C)[C@H]2OCC(=O)NCCN(C)C)c(=O)n(COCc2ccccc2)c1=O. The van der Waals surface area contributed by atoms with Gasteiger partial charge in [-0.05, 0) is 32.5 Å². The van der Waals surface area contributed by atoms with E-state index in [1.165, 1.54) is 10.8 Å². The van der Waals surface area contributed by atoms with E-state index >= 15 is 0 Å². The summed E-state index contributed by atoms with van der Waals surface area (Å²) in [6.45, 7) is 8.88. The number of aromatic nitrogens is 2. The van der Waals surface area contributed by atoms with Crippen molar-refractivity contribution in [2.45, 2.75) is 59.5 Å². The zero-order valence-electron chi connectivity index (χ0n) is 22.7. The molecule has 204 valence electrons. The van der Waals surface area contributed by atoms with Gasteiger partial charge in [0.05, 0.1) is 12.7 Å². The van der Waals surface area contributed by atoms with Crippen LogP contribution in [-0.2, 0) is 32.3 Å². The molecule has 3 rings (SSSR count). The molecule has 1 aliphatic heterocycles. The minimum atomic E-state index is -0.788. The van der Waals surface area contributed by atoms with Crippen LogP contribution in [0.15, 0.2) is 46.1 Å². The maximum absolute atomic E-state index is 13.5. The Morgan fingerprint density at radius 1 is 1.19 bits per heavy atom. The van der Waals surface area contributed by atoms with Crippen molar-refractivity contribution in [1.29, 1.82) is 0 Å². The summed E-state index contributed by atoms with van der Waals surface area (Å²) in [7, 11) is 3.87. The standard InChI is InChI=1S/C27H40N4O6/c1-18(2)23-20(4)24(36-16-22(32)28-12-13-29(5)6)26(37-23)30-14-19(3)25(33)31(27(30)34)17-35-15-21-10-8-7-9-11-21/h7-11,14,18,20,23-24,26H,12-13,15-17H2,1-6H3,(H,28,32)/t20-,23-,24-,26-/m1/s1. The van der Waals surface area contributed by atoms with Crippen LogP contribution in [0.5, 0.6) is 0 Å². The van der Waals surface area contributed by atoms with Crippen LogP contribution >= 0.6 is 0 Å². The van der Waals surface area contributed by atoms with Gasteiger partial charge in [-0.1, -0.05) is 51.1 Å². The van der Waals surface area contributed by atoms with E-state index < -0.39 is 23.6 Å². The average Bonchev–Trinajstić information content (AvgIpc) is 3.18. The Labute approximate surface area is 218 Å². The first-order valence-corrected chi connectivity index (χ1v) is 12.7. The number of hydrogen-bond donors (Lipinski definition) is 1. The third-order valence-electron chi connectivity index (χ3n) is 6.53. The number of nitrogens with one attached hydrogen (secondary N) is 1. The molecule has 1 aromatic heterocycles. The lowest BCUT2D eigenvalue weighted by atomic mass is 9.92. The maximum atomic E-state index is 13.5. The van der Waals surface area contributed by atoms with Crippen molar-refractivity contribution in [3.63, 3.8) is 0 Å². The Morgan fingerprint density at radius 2 is 1.89 bits per heavy atom. The van der Waals surface area contributed by atoms with Crippen molar-refractivity contribution in [3.8, 4) is 0 Å². The zero-order valence-corrected chi connectivity index (χ0v) is 22.7. The summed E-state index contributed by atoms with van der Waals surface area (Å²) in [5, 5.41) is 2.84. The Balaban J connectivity index is 1.81. The van der Waals surface area contributed by atoms with Crippen LogP contribution < -0.4 is 16.6 Å². The fourth-order valence-electron chi connectivity index (χ4n) is 4.56. The minimum Gasteiger partial charge on any atom is -0.363 e. The molecule has 1 fully saturated rings. The van der Waals surface area contributed by atoms with Crippen LogP contribution in [0.2, 0.25) is 0 Å². The van der Waals surface area contributed by atoms with Gasteiger partial charge in [-0.25, -0.2) is 9.36 Å². The van der Waals surface area contributed by atoms with Crippen molar-refractivity contribution < 1.29 is 19.0 Å². The van der Waals surface area contributed by atoms with Gasteiger partial charge in [0.1, 0.15) is 19.4 Å². The van der Waals surface area contributed by atoms with E-state index in [0.29, 0.717) is 12.1 Å². The van der Waals surface area contributed by atoms with Crippen molar-refractivity contribution in [2.24, 2.45) is 11.8 Å². The van der Waals surface area contributed by atoms with Gasteiger partial charge < -0.3 is 24.4 Å². The molecule has 10 heteroatoms. The molecule has 2 aromatic rings. The van der Waals surface area contributed by atoms with Gasteiger partial charge in [0.25, 0.3) is 5.56 Å². The predicted octanol–water partition coefficient (Wildman–Crippen LogP) is 1.75. The molecule has 2 heterocycles. The van der Waals surface area contributed by atoms with Crippen molar-refractivity contribution in [2.75, 3.05) is 33.8 Å². The molecule has 1 N–H and O–H groups in total. The highest BCUT2D eigenvalue weighted by Gasteiger charge is 2.45. The molecular weight excluding hydrogens is 476 g/mol. The first-order chi connectivity index (χ1) is 17.6. The van der Waals surface area contributed by atoms with E-state index in [1.54, 1.807) is 6.92 Å². The second-order valence-electron chi connectivity index (χ2n) is 10.2. The lowest BCUT2D eigenvalue weighted by molar-refractivity contribution is -0.131. The van der Waals surface area contributed by atoms with E-state index in [9.17, 15) is 14.4 Å². The highest BCUT2D eigenvalue weighted by Crippen LogP contribution is 2.38. The number of likely N-dealkylation sites (N-methyl/N-ethyl adjacent to an activating group) is 1. The fraction of sp³-hybridized carbons (Fsp3) is 0.593. The normalized spacial score (nSPS) is 21.6. The van der Waals surface area contributed by atoms with Crippen LogP contribution in [-0.4, -0.2) is 65.9 Å². The summed E-state index contributed by atoms with van der Waals surface area (Å²) in [5.74, 6) is -0.151. The highest BCUT2D eigenvalue weighted by atomic mass is 16.6. The average molecular weight is 517 g/mol. The molecular formula is C27H40N4O6. The van der Waals surface area contributed by atoms with Crippen molar-refractivity contribution in [3.05, 3.63) is 68.5 Å². The monoisotopic (exact) mass is 516 g/mol. The number of hydrogen-bond acceptors (Lipinski definition) is 7. The number of ether oxygens (including phenoxy) is 3. The number of carbonyl (C=O) groups is 1. The van der Waals surface area contributed by atoms with E-state index in [-0.39, 0.29) is 43.8 Å². The molecule has 10 nitrogen and oxygen atoms in total. The molecule has 0 saturated carbocycles. The molecule has 37 heavy (non-hydrogen) atoms. The second kappa shape index (κ2) is 13.1. The number of carbonyl (C=O) groups excluding carboxylic acids is 1. The van der Waals surface area contributed by atoms with Crippen molar-refractivity contribution >= 4 is 5.91 Å². The van der Waals surface area contributed by atoms with Crippen LogP contribution in [0.1, 0.15) is 38.1 Å². The van der Waals surface area contributed by atoms with E-state index in [0.717, 1.165) is 16.7 Å². The van der Waals surface area contributed by atoms with E-state index in [4.69, 9.17) is 14.2 Å². The van der Waals surface area contributed by atoms with Gasteiger partial charge in [-0.2, -0.15) is 0 Å². The van der Waals surface area contributed by atoms with Crippen LogP contribution in [0, 0.1) is 18.8 Å². The van der Waals surface area contributed by atoms with E-state index in [1.807, 2.05) is 70.1 Å². The summed E-state index contributed by atoms with van der Waals surface area (Å²) in [6.07, 6.45) is -0.0236. The van der Waals surface area contributed by atoms with Crippen LogP contribution in [0.3, 0.4) is 0 Å². The van der Waals surface area contributed by atoms with Crippen molar-refractivity contribution in [1.82, 2.24) is 19.4 Å². The minimum absolute atomic E-state index is 0.0820. The molecule has 1 aliphatic rings. The van der Waals surface area contributed by atoms with E-state index in [2.05, 4.69) is 5.32 Å². The van der Waals surface area contributed by atoms with Gasteiger partial charge >= 0.3 is 5.69 Å². The molecule has 0 unspecified atom stereocenters. The summed E-state index contributed by atoms with van der Waals surface area (Å²) < 4.78 is 20.6. The molecule has 0 radical (unpaired) electrons. The molecule has 0 spiro atoms. The molecule has 1 saturated heterocycles. The van der Waals surface area contributed by atoms with Gasteiger partial charge in [-0.3, -0.25) is 14.2 Å². The number of amides is 1. The second-order valence-corrected chi connectivity index (χ2v) is 10.2. The van der Waals surface area contributed by atoms with Gasteiger partial charge in [0.15, 0.2) is 6.23 Å². The largest absolute Gasteiger partial charge is 0.363 e. The third kappa shape index (κ3) is 7.38. The number of nitrogens with zero attached hydrogens (tertiary/aromatic N) is 3. The predicted molar refractivity (Wildman–Crippen MR) is 140 cm³/mol. The smallest absolute Gasteiger partial charge is 0.335 e. The maximum Gasteiger partial charge on any atom is 0.335 e. The summed E-state index contributed by atoms with van der Waals surface area (Å²) >= 11 is 0. The topological polar surface area (TPSA) is 104 Å². The number of aryl methyl sites for hydroxylation is 1. The van der Waals surface area contributed by atoms with Gasteiger partial charge in [0, 0.05) is 30.8 Å². The first kappa shape index (κ1) is 28.8. The molecule has 1 aromatic carbocycles. The number of rotatable bonds is 12. The number of benzene rings is 1. The highest BCUT2D eigenvalue weighted by molar-refractivity contribution is 5.77. The van der Waals surface area contributed by atoms with Gasteiger partial charge in [0.2, 0.25) is 5.91 Å². The molecule has 4 atom stereocenters. The Kier molecular flexibility index (Phi) is 10.2. The zero-order chi connectivity index (χ0) is 27.1. The quantitative estimate of drug-likeness (QED) is 0.458. The van der Waals surface area contributed by atoms with Crippen LogP contribution in [0.25, 0.3) is 0 Å². The summed E-state index contributed by atoms with van der Waals surface area (Å²) in [5.41, 5.74) is 0.355. The Hall–Kier alpha value is -2.79. The Morgan fingerprint density at radius 3 is 2.54 bits per heavy atom. The lowest BCUT2D eigenvalue weighted by Crippen LogP contribution is -2.45. The lowest BCUT2D eigenvalue weighted by Gasteiger charge is -2.24. The molecule has 1 amide bonds. The summed E-state index contributed by atoms with van der Waals surface area (Å²) in [6, 6.07) is 9.53. The third-order valence-corrected chi connectivity index (χ3v) is 6.53. The molecule has 0 bridgehead atoms. The van der Waals surface area contributed by atoms with Crippen LogP contribution in [0.4, 0.5) is 0 Å². The first-order valence-electron chi connectivity index (χ1n) is 12.7. The molecule has 0 aliphatic carbocycles. The summed E-state index contributed by atoms with van der Waals surface area (Å²) in [4.78, 5) is 40.6. The van der Waals surface area contributed by atoms with Gasteiger partial charge in [-0.15, -0.1) is 0 Å². The Bertz CT molecular complexity index is 1140.